The van der Waals surface area contributed by atoms with Crippen LogP contribution in [0.2, 0.25) is 0 Å². The van der Waals surface area contributed by atoms with Gasteiger partial charge >= 0.3 is 11.7 Å². The van der Waals surface area contributed by atoms with Crippen molar-refractivity contribution in [3.63, 3.8) is 0 Å². The van der Waals surface area contributed by atoms with Crippen LogP contribution in [0.15, 0.2) is 40.2 Å². The second-order valence-corrected chi connectivity index (χ2v) is 7.53. The van der Waals surface area contributed by atoms with Crippen LogP contribution in [0.1, 0.15) is 48.6 Å². The number of esters is 1. The quantitative estimate of drug-likeness (QED) is 0.405. The van der Waals surface area contributed by atoms with Gasteiger partial charge in [-0.3, -0.25) is 14.3 Å². The van der Waals surface area contributed by atoms with E-state index in [1.54, 1.807) is 34.5 Å². The number of aromatic amines is 1. The number of aromatic nitrogens is 7. The maximum absolute atomic E-state index is 12.8. The van der Waals surface area contributed by atoms with E-state index < -0.39 is 17.2 Å². The number of H-pyrrole nitrogens is 1. The number of imidazole rings is 1. The molecule has 0 radical (unpaired) electrons. The van der Waals surface area contributed by atoms with Gasteiger partial charge in [-0.25, -0.2) is 24.2 Å². The lowest BCUT2D eigenvalue weighted by atomic mass is 10.2. The molecule has 0 aliphatic carbocycles. The number of fused-ring (bicyclic) bond motifs is 1. The highest BCUT2D eigenvalue weighted by atomic mass is 16.5. The molecule has 33 heavy (non-hydrogen) atoms. The molecular weight excluding hydrogens is 426 g/mol. The van der Waals surface area contributed by atoms with Crippen molar-refractivity contribution >= 4 is 17.1 Å². The maximum atomic E-state index is 12.8. The molecule has 0 saturated carbocycles. The predicted octanol–water partition coefficient (Wildman–Crippen LogP) is 1.95. The summed E-state index contributed by atoms with van der Waals surface area (Å²) in [6.07, 6.45) is 4.73. The first kappa shape index (κ1) is 22.2. The van der Waals surface area contributed by atoms with Gasteiger partial charge in [0.15, 0.2) is 17.0 Å². The monoisotopic (exact) mass is 451 g/mol. The summed E-state index contributed by atoms with van der Waals surface area (Å²) >= 11 is 0. The smallest absolute Gasteiger partial charge is 0.342 e. The van der Waals surface area contributed by atoms with Crippen molar-refractivity contribution < 1.29 is 9.53 Å². The zero-order valence-corrected chi connectivity index (χ0v) is 18.7. The fourth-order valence-corrected chi connectivity index (χ4v) is 3.72. The van der Waals surface area contributed by atoms with Crippen LogP contribution in [-0.4, -0.2) is 39.8 Å². The normalized spacial score (nSPS) is 11.2. The Morgan fingerprint density at radius 2 is 2.00 bits per heavy atom. The van der Waals surface area contributed by atoms with Crippen LogP contribution in [0.4, 0.5) is 0 Å². The van der Waals surface area contributed by atoms with Gasteiger partial charge in [-0.15, -0.1) is 0 Å². The second-order valence-electron chi connectivity index (χ2n) is 7.53. The molecule has 4 heterocycles. The SMILES string of the molecule is CCCCn1c(=O)[nH]c(=O)c2c1nc(COC(=O)c1cnn(-c3ccccn3)c1C)n2CC. The topological polar surface area (TPSA) is 130 Å². The number of carbonyl (C=O) groups is 1. The van der Waals surface area contributed by atoms with E-state index in [-0.39, 0.29) is 6.61 Å². The van der Waals surface area contributed by atoms with Gasteiger partial charge in [0, 0.05) is 19.3 Å². The predicted molar refractivity (Wildman–Crippen MR) is 120 cm³/mol. The van der Waals surface area contributed by atoms with Gasteiger partial charge in [-0.1, -0.05) is 19.4 Å². The van der Waals surface area contributed by atoms with Gasteiger partial charge in [-0.2, -0.15) is 5.10 Å². The third-order valence-corrected chi connectivity index (χ3v) is 5.44. The average Bonchev–Trinajstić information content (AvgIpc) is 3.38. The minimum atomic E-state index is -0.568. The zero-order chi connectivity index (χ0) is 23.5. The third kappa shape index (κ3) is 4.09. The van der Waals surface area contributed by atoms with Crippen LogP contribution in [0, 0.1) is 6.92 Å². The van der Waals surface area contributed by atoms with Crippen molar-refractivity contribution in [1.82, 2.24) is 33.9 Å². The fraction of sp³-hybridized carbons (Fsp3) is 0.364. The Bertz CT molecular complexity index is 1410. The molecule has 0 spiro atoms. The Kier molecular flexibility index (Phi) is 6.20. The van der Waals surface area contributed by atoms with E-state index in [4.69, 9.17) is 4.74 Å². The van der Waals surface area contributed by atoms with E-state index in [9.17, 15) is 14.4 Å². The molecule has 0 aromatic carbocycles. The van der Waals surface area contributed by atoms with Crippen LogP contribution in [0.25, 0.3) is 17.0 Å². The molecule has 11 nitrogen and oxygen atoms in total. The van der Waals surface area contributed by atoms with E-state index in [0.717, 1.165) is 12.8 Å². The Labute approximate surface area is 188 Å². The van der Waals surface area contributed by atoms with Crippen molar-refractivity contribution in [3.8, 4) is 5.82 Å². The van der Waals surface area contributed by atoms with Crippen LogP contribution >= 0.6 is 0 Å². The minimum absolute atomic E-state index is 0.156. The molecule has 0 unspecified atom stereocenters. The summed E-state index contributed by atoms with van der Waals surface area (Å²) in [5.74, 6) is 0.407. The van der Waals surface area contributed by atoms with Gasteiger partial charge in [0.25, 0.3) is 5.56 Å². The van der Waals surface area contributed by atoms with Crippen molar-refractivity contribution in [2.75, 3.05) is 0 Å². The second kappa shape index (κ2) is 9.23. The first-order valence-corrected chi connectivity index (χ1v) is 10.8. The molecule has 0 aliphatic heterocycles. The number of aryl methyl sites for hydroxylation is 2. The molecule has 172 valence electrons. The molecule has 11 heteroatoms. The summed E-state index contributed by atoms with van der Waals surface area (Å²) in [7, 11) is 0. The lowest BCUT2D eigenvalue weighted by molar-refractivity contribution is 0.0458. The lowest BCUT2D eigenvalue weighted by Crippen LogP contribution is -2.31. The molecule has 0 saturated heterocycles. The Morgan fingerprint density at radius 1 is 1.18 bits per heavy atom. The molecule has 1 N–H and O–H groups in total. The molecule has 0 amide bonds. The molecule has 4 aromatic heterocycles. The molecule has 0 fully saturated rings. The summed E-state index contributed by atoms with van der Waals surface area (Å²) in [4.78, 5) is 48.7. The van der Waals surface area contributed by atoms with Gasteiger partial charge in [0.1, 0.15) is 18.0 Å². The number of rotatable bonds is 8. The van der Waals surface area contributed by atoms with Gasteiger partial charge < -0.3 is 9.30 Å². The number of hydrogen-bond donors (Lipinski definition) is 1. The maximum Gasteiger partial charge on any atom is 0.342 e. The Hall–Kier alpha value is -4.02. The first-order chi connectivity index (χ1) is 16.0. The number of ether oxygens (including phenoxy) is 1. The van der Waals surface area contributed by atoms with Crippen molar-refractivity contribution in [2.24, 2.45) is 0 Å². The number of unbranched alkanes of at least 4 members (excludes halogenated alkanes) is 1. The molecule has 4 aromatic rings. The number of nitrogens with one attached hydrogen (secondary N) is 1. The van der Waals surface area contributed by atoms with Crippen LogP contribution < -0.4 is 11.2 Å². The third-order valence-electron chi connectivity index (χ3n) is 5.44. The van der Waals surface area contributed by atoms with Gasteiger partial charge in [0.2, 0.25) is 0 Å². The van der Waals surface area contributed by atoms with Crippen molar-refractivity contribution in [2.45, 2.75) is 53.3 Å². The van der Waals surface area contributed by atoms with Crippen LogP contribution in [0.3, 0.4) is 0 Å². The zero-order valence-electron chi connectivity index (χ0n) is 18.7. The number of carbonyl (C=O) groups excluding carboxylic acids is 1. The van der Waals surface area contributed by atoms with Crippen LogP contribution in [-0.2, 0) is 24.4 Å². The highest BCUT2D eigenvalue weighted by molar-refractivity contribution is 5.90. The highest BCUT2D eigenvalue weighted by Crippen LogP contribution is 2.16. The van der Waals surface area contributed by atoms with E-state index in [0.29, 0.717) is 47.2 Å². The average molecular weight is 451 g/mol. The highest BCUT2D eigenvalue weighted by Gasteiger charge is 2.21. The Morgan fingerprint density at radius 3 is 2.70 bits per heavy atom. The molecule has 0 bridgehead atoms. The number of pyridine rings is 1. The van der Waals surface area contributed by atoms with Gasteiger partial charge in [-0.05, 0) is 32.4 Å². The minimum Gasteiger partial charge on any atom is -0.454 e. The van der Waals surface area contributed by atoms with E-state index >= 15 is 0 Å². The lowest BCUT2D eigenvalue weighted by Gasteiger charge is -2.07. The summed E-state index contributed by atoms with van der Waals surface area (Å²) in [5, 5.41) is 4.24. The summed E-state index contributed by atoms with van der Waals surface area (Å²) in [5.41, 5.74) is 0.470. The number of nitrogens with zero attached hydrogens (tertiary/aromatic N) is 6. The fourth-order valence-electron chi connectivity index (χ4n) is 3.72. The summed E-state index contributed by atoms with van der Waals surface area (Å²) < 4.78 is 10.2. The van der Waals surface area contributed by atoms with Gasteiger partial charge in [0.05, 0.1) is 11.9 Å². The molecule has 0 atom stereocenters. The molecular formula is C22H25N7O4. The Balaban J connectivity index is 1.63. The van der Waals surface area contributed by atoms with Crippen molar-refractivity contribution in [1.29, 1.82) is 0 Å². The van der Waals surface area contributed by atoms with Crippen LogP contribution in [0.5, 0.6) is 0 Å². The standard InChI is InChI=1S/C22H25N7O4/c1-4-6-11-28-19-18(20(30)26-22(28)32)27(5-2)17(25-19)13-33-21(31)15-12-24-29(14(15)3)16-9-7-8-10-23-16/h7-10,12H,4-6,11,13H2,1-3H3,(H,26,30,32). The summed E-state index contributed by atoms with van der Waals surface area (Å²) in [6, 6.07) is 5.41. The molecule has 0 aliphatic rings. The number of hydrogen-bond acceptors (Lipinski definition) is 7. The van der Waals surface area contributed by atoms with E-state index in [1.165, 1.54) is 10.8 Å². The van der Waals surface area contributed by atoms with E-state index in [2.05, 4.69) is 20.1 Å². The largest absolute Gasteiger partial charge is 0.454 e. The van der Waals surface area contributed by atoms with Crippen molar-refractivity contribution in [3.05, 3.63) is 68.5 Å². The van der Waals surface area contributed by atoms with E-state index in [1.807, 2.05) is 19.9 Å². The molecule has 4 rings (SSSR count). The summed E-state index contributed by atoms with van der Waals surface area (Å²) in [6.45, 7) is 6.34. The first-order valence-electron chi connectivity index (χ1n) is 10.8.